The molecule has 116 valence electrons. The van der Waals surface area contributed by atoms with Crippen molar-refractivity contribution in [3.8, 4) is 5.75 Å². The molecule has 0 radical (unpaired) electrons. The number of nitrogens with zero attached hydrogens (tertiary/aromatic N) is 4. The van der Waals surface area contributed by atoms with E-state index in [9.17, 15) is 4.79 Å². The topological polar surface area (TPSA) is 86.3 Å². The highest BCUT2D eigenvalue weighted by Crippen LogP contribution is 2.24. The third-order valence-corrected chi connectivity index (χ3v) is 3.94. The minimum Gasteiger partial charge on any atom is -0.497 e. The van der Waals surface area contributed by atoms with E-state index >= 15 is 0 Å². The fourth-order valence-electron chi connectivity index (χ4n) is 2.76. The summed E-state index contributed by atoms with van der Waals surface area (Å²) in [6, 6.07) is 7.38. The lowest BCUT2D eigenvalue weighted by Gasteiger charge is -2.32. The first-order valence-corrected chi connectivity index (χ1v) is 7.18. The number of benzene rings is 1. The van der Waals surface area contributed by atoms with E-state index in [0.717, 1.165) is 17.1 Å². The summed E-state index contributed by atoms with van der Waals surface area (Å²) in [6.45, 7) is 3.12. The number of nitrogens with two attached hydrogens (primary N) is 1. The molecule has 1 amide bonds. The Morgan fingerprint density at radius 3 is 2.68 bits per heavy atom. The summed E-state index contributed by atoms with van der Waals surface area (Å²) in [5.74, 6) is 2.29. The van der Waals surface area contributed by atoms with Crippen LogP contribution in [0.1, 0.15) is 30.2 Å². The van der Waals surface area contributed by atoms with Crippen molar-refractivity contribution in [2.45, 2.75) is 32.6 Å². The molecule has 0 bridgehead atoms. The van der Waals surface area contributed by atoms with Crippen LogP contribution >= 0.6 is 0 Å². The monoisotopic (exact) mass is 301 g/mol. The number of hydrogen-bond donors (Lipinski definition) is 1. The van der Waals surface area contributed by atoms with Gasteiger partial charge in [-0.15, -0.1) is 10.2 Å². The summed E-state index contributed by atoms with van der Waals surface area (Å²) < 4.78 is 6.99. The Balaban J connectivity index is 1.82. The Labute approximate surface area is 128 Å². The van der Waals surface area contributed by atoms with Gasteiger partial charge >= 0.3 is 0 Å². The van der Waals surface area contributed by atoms with Gasteiger partial charge in [0.15, 0.2) is 5.82 Å². The van der Waals surface area contributed by atoms with E-state index in [1.807, 2.05) is 35.8 Å². The van der Waals surface area contributed by atoms with Crippen molar-refractivity contribution >= 4 is 5.91 Å². The van der Waals surface area contributed by atoms with Crippen molar-refractivity contribution in [3.63, 3.8) is 0 Å². The Morgan fingerprint density at radius 1 is 1.32 bits per heavy atom. The molecule has 0 fully saturated rings. The molecule has 0 aliphatic carbocycles. The zero-order valence-corrected chi connectivity index (χ0v) is 12.7. The quantitative estimate of drug-likeness (QED) is 0.904. The van der Waals surface area contributed by atoms with E-state index < -0.39 is 0 Å². The van der Waals surface area contributed by atoms with E-state index in [0.29, 0.717) is 18.9 Å². The van der Waals surface area contributed by atoms with E-state index in [1.165, 1.54) is 0 Å². The number of aromatic nitrogens is 3. The molecule has 3 rings (SSSR count). The predicted molar refractivity (Wildman–Crippen MR) is 79.9 cm³/mol. The number of rotatable bonds is 4. The van der Waals surface area contributed by atoms with E-state index in [2.05, 4.69) is 10.2 Å². The van der Waals surface area contributed by atoms with Crippen LogP contribution in [0.25, 0.3) is 0 Å². The van der Waals surface area contributed by atoms with Crippen LogP contribution in [0.3, 0.4) is 0 Å². The van der Waals surface area contributed by atoms with Crippen LogP contribution in [0.5, 0.6) is 5.75 Å². The standard InChI is InChI=1S/C15H19N5O2/c1-10-15(21)19(8-11-3-5-12(22-2)6-4-11)9-14-18-17-13(7-16)20(10)14/h3-6,10H,7-9,16H2,1-2H3/t10-/m0/s1. The third kappa shape index (κ3) is 2.43. The molecular weight excluding hydrogens is 282 g/mol. The maximum Gasteiger partial charge on any atom is 0.246 e. The fraction of sp³-hybridized carbons (Fsp3) is 0.400. The molecule has 22 heavy (non-hydrogen) atoms. The maximum absolute atomic E-state index is 12.6. The van der Waals surface area contributed by atoms with Gasteiger partial charge in [0, 0.05) is 6.54 Å². The average Bonchev–Trinajstić information content (AvgIpc) is 2.96. The number of fused-ring (bicyclic) bond motifs is 1. The second-order valence-electron chi connectivity index (χ2n) is 5.32. The van der Waals surface area contributed by atoms with Crippen molar-refractivity contribution in [2.24, 2.45) is 5.73 Å². The van der Waals surface area contributed by atoms with Gasteiger partial charge in [0.2, 0.25) is 5.91 Å². The van der Waals surface area contributed by atoms with Gasteiger partial charge in [0.05, 0.1) is 20.2 Å². The third-order valence-electron chi connectivity index (χ3n) is 3.94. The first kappa shape index (κ1) is 14.5. The molecule has 2 N–H and O–H groups in total. The lowest BCUT2D eigenvalue weighted by atomic mass is 10.1. The van der Waals surface area contributed by atoms with Crippen LogP contribution in [0, 0.1) is 0 Å². The van der Waals surface area contributed by atoms with Crippen molar-refractivity contribution < 1.29 is 9.53 Å². The Hall–Kier alpha value is -2.41. The van der Waals surface area contributed by atoms with Gasteiger partial charge in [-0.3, -0.25) is 9.36 Å². The number of methoxy groups -OCH3 is 1. The average molecular weight is 301 g/mol. The number of amides is 1. The first-order chi connectivity index (χ1) is 10.6. The van der Waals surface area contributed by atoms with Crippen molar-refractivity contribution in [3.05, 3.63) is 41.5 Å². The SMILES string of the molecule is COc1ccc(CN2Cc3nnc(CN)n3[C@@H](C)C2=O)cc1. The van der Waals surface area contributed by atoms with Gasteiger partial charge in [-0.1, -0.05) is 12.1 Å². The largest absolute Gasteiger partial charge is 0.497 e. The lowest BCUT2D eigenvalue weighted by molar-refractivity contribution is -0.137. The van der Waals surface area contributed by atoms with Gasteiger partial charge in [-0.25, -0.2) is 0 Å². The molecule has 1 atom stereocenters. The molecule has 1 aliphatic rings. The Kier molecular flexibility index (Phi) is 3.81. The number of carbonyl (C=O) groups is 1. The minimum absolute atomic E-state index is 0.0535. The zero-order chi connectivity index (χ0) is 15.7. The van der Waals surface area contributed by atoms with Crippen LogP contribution in [-0.2, 0) is 24.4 Å². The summed E-state index contributed by atoms with van der Waals surface area (Å²) in [5, 5.41) is 8.21. The minimum atomic E-state index is -0.324. The van der Waals surface area contributed by atoms with Crippen LogP contribution in [0.2, 0.25) is 0 Å². The van der Waals surface area contributed by atoms with Crippen molar-refractivity contribution in [1.82, 2.24) is 19.7 Å². The summed E-state index contributed by atoms with van der Waals surface area (Å²) in [6.07, 6.45) is 0. The molecule has 1 aliphatic heterocycles. The normalized spacial score (nSPS) is 17.5. The summed E-state index contributed by atoms with van der Waals surface area (Å²) in [4.78, 5) is 14.4. The summed E-state index contributed by atoms with van der Waals surface area (Å²) in [5.41, 5.74) is 6.70. The number of hydrogen-bond acceptors (Lipinski definition) is 5. The highest BCUT2D eigenvalue weighted by Gasteiger charge is 2.32. The van der Waals surface area contributed by atoms with Crippen molar-refractivity contribution in [1.29, 1.82) is 0 Å². The molecule has 1 aromatic heterocycles. The van der Waals surface area contributed by atoms with Gasteiger partial charge in [-0.2, -0.15) is 0 Å². The maximum atomic E-state index is 12.6. The first-order valence-electron chi connectivity index (χ1n) is 7.18. The zero-order valence-electron chi connectivity index (χ0n) is 12.7. The van der Waals surface area contributed by atoms with E-state index in [4.69, 9.17) is 10.5 Å². The lowest BCUT2D eigenvalue weighted by Crippen LogP contribution is -2.41. The predicted octanol–water partition coefficient (Wildman–Crippen LogP) is 0.849. The summed E-state index contributed by atoms with van der Waals surface area (Å²) in [7, 11) is 1.63. The molecule has 7 nitrogen and oxygen atoms in total. The van der Waals surface area contributed by atoms with Gasteiger partial charge in [0.1, 0.15) is 17.6 Å². The smallest absolute Gasteiger partial charge is 0.246 e. The highest BCUT2D eigenvalue weighted by molar-refractivity contribution is 5.81. The molecular formula is C15H19N5O2. The molecule has 0 saturated carbocycles. The van der Waals surface area contributed by atoms with E-state index in [1.54, 1.807) is 12.0 Å². The van der Waals surface area contributed by atoms with E-state index in [-0.39, 0.29) is 18.5 Å². The fourth-order valence-corrected chi connectivity index (χ4v) is 2.76. The van der Waals surface area contributed by atoms with Gasteiger partial charge in [0.25, 0.3) is 0 Å². The van der Waals surface area contributed by atoms with Gasteiger partial charge < -0.3 is 15.4 Å². The van der Waals surface area contributed by atoms with Crippen molar-refractivity contribution in [2.75, 3.05) is 7.11 Å². The highest BCUT2D eigenvalue weighted by atomic mass is 16.5. The Bertz CT molecular complexity index is 680. The van der Waals surface area contributed by atoms with Crippen LogP contribution in [0.4, 0.5) is 0 Å². The molecule has 0 unspecified atom stereocenters. The second kappa shape index (κ2) is 5.76. The van der Waals surface area contributed by atoms with Crippen LogP contribution < -0.4 is 10.5 Å². The van der Waals surface area contributed by atoms with Gasteiger partial charge in [-0.05, 0) is 24.6 Å². The summed E-state index contributed by atoms with van der Waals surface area (Å²) >= 11 is 0. The number of carbonyl (C=O) groups excluding carboxylic acids is 1. The van der Waals surface area contributed by atoms with Crippen LogP contribution in [-0.4, -0.2) is 32.7 Å². The number of ether oxygens (including phenoxy) is 1. The Morgan fingerprint density at radius 2 is 2.05 bits per heavy atom. The molecule has 0 spiro atoms. The second-order valence-corrected chi connectivity index (χ2v) is 5.32. The molecule has 0 saturated heterocycles. The molecule has 1 aromatic carbocycles. The van der Waals surface area contributed by atoms with Crippen LogP contribution in [0.15, 0.2) is 24.3 Å². The molecule has 2 aromatic rings. The molecule has 2 heterocycles. The molecule has 7 heteroatoms.